The number of nitrogens with one attached hydrogen (secondary N) is 1. The van der Waals surface area contributed by atoms with Crippen LogP contribution in [-0.2, 0) is 11.2 Å². The van der Waals surface area contributed by atoms with Gasteiger partial charge in [-0.2, -0.15) is 5.10 Å². The molecule has 5 rings (SSSR count). The van der Waals surface area contributed by atoms with E-state index in [4.69, 9.17) is 9.84 Å². The number of aromatic nitrogens is 3. The van der Waals surface area contributed by atoms with Gasteiger partial charge in [-0.05, 0) is 61.9 Å². The molecule has 0 radical (unpaired) electrons. The lowest BCUT2D eigenvalue weighted by Gasteiger charge is -2.31. The molecule has 1 amide bonds. The SMILES string of the molecule is CNC(=O)c1ccc2c(n1)c(N1CCCc3cc(C)c(C(F)F)cc31)nn2C1CCOCC1. The molecule has 0 aliphatic carbocycles. The van der Waals surface area contributed by atoms with Gasteiger partial charge < -0.3 is 15.0 Å². The van der Waals surface area contributed by atoms with Gasteiger partial charge in [0.2, 0.25) is 0 Å². The molecule has 0 bridgehead atoms. The molecular formula is C24H27F2N5O2. The van der Waals surface area contributed by atoms with Crippen LogP contribution in [0.1, 0.15) is 58.9 Å². The fraction of sp³-hybridized carbons (Fsp3) is 0.458. The lowest BCUT2D eigenvalue weighted by molar-refractivity contribution is 0.0675. The maximum absolute atomic E-state index is 13.7. The number of nitrogens with zero attached hydrogens (tertiary/aromatic N) is 4. The van der Waals surface area contributed by atoms with Gasteiger partial charge in [0.25, 0.3) is 12.3 Å². The number of alkyl halides is 2. The van der Waals surface area contributed by atoms with Crippen LogP contribution >= 0.6 is 0 Å². The Balaban J connectivity index is 1.69. The number of carbonyl (C=O) groups excluding carboxylic acids is 1. The molecule has 2 aromatic heterocycles. The summed E-state index contributed by atoms with van der Waals surface area (Å²) in [6, 6.07) is 7.19. The summed E-state index contributed by atoms with van der Waals surface area (Å²) in [4.78, 5) is 19.0. The van der Waals surface area contributed by atoms with Gasteiger partial charge in [0, 0.05) is 38.1 Å². The maximum Gasteiger partial charge on any atom is 0.269 e. The van der Waals surface area contributed by atoms with Crippen LogP contribution in [0.3, 0.4) is 0 Å². The van der Waals surface area contributed by atoms with E-state index in [1.165, 1.54) is 0 Å². The van der Waals surface area contributed by atoms with Crippen molar-refractivity contribution in [3.05, 3.63) is 46.6 Å². The van der Waals surface area contributed by atoms with Crippen LogP contribution in [0.15, 0.2) is 24.3 Å². The van der Waals surface area contributed by atoms with Crippen LogP contribution in [0.25, 0.3) is 11.0 Å². The number of benzene rings is 1. The number of hydrogen-bond donors (Lipinski definition) is 1. The van der Waals surface area contributed by atoms with Gasteiger partial charge in [0.15, 0.2) is 5.82 Å². The Bertz CT molecular complexity index is 1200. The van der Waals surface area contributed by atoms with Crippen LogP contribution in [0.2, 0.25) is 0 Å². The minimum absolute atomic E-state index is 0.0350. The maximum atomic E-state index is 13.7. The Morgan fingerprint density at radius 3 is 2.76 bits per heavy atom. The number of pyridine rings is 1. The van der Waals surface area contributed by atoms with Gasteiger partial charge in [0.05, 0.1) is 11.6 Å². The molecule has 33 heavy (non-hydrogen) atoms. The molecule has 4 heterocycles. The Kier molecular flexibility index (Phi) is 5.74. The zero-order valence-electron chi connectivity index (χ0n) is 18.8. The Hall–Kier alpha value is -3.07. The zero-order valence-corrected chi connectivity index (χ0v) is 18.8. The summed E-state index contributed by atoms with van der Waals surface area (Å²) in [6.45, 7) is 3.70. The summed E-state index contributed by atoms with van der Waals surface area (Å²) in [5.41, 5.74) is 4.14. The third kappa shape index (κ3) is 3.84. The highest BCUT2D eigenvalue weighted by Gasteiger charge is 2.29. The number of aryl methyl sites for hydroxylation is 2. The summed E-state index contributed by atoms with van der Waals surface area (Å²) in [5.74, 6) is 0.323. The predicted molar refractivity (Wildman–Crippen MR) is 121 cm³/mol. The number of carbonyl (C=O) groups is 1. The zero-order chi connectivity index (χ0) is 23.1. The minimum Gasteiger partial charge on any atom is -0.381 e. The van der Waals surface area contributed by atoms with Crippen LogP contribution in [0, 0.1) is 6.92 Å². The lowest BCUT2D eigenvalue weighted by atomic mass is 9.96. The molecule has 0 saturated carbocycles. The van der Waals surface area contributed by atoms with E-state index in [-0.39, 0.29) is 17.5 Å². The summed E-state index contributed by atoms with van der Waals surface area (Å²) < 4.78 is 34.9. The molecule has 0 spiro atoms. The largest absolute Gasteiger partial charge is 0.381 e. The first-order valence-electron chi connectivity index (χ1n) is 11.4. The van der Waals surface area contributed by atoms with Gasteiger partial charge in [-0.1, -0.05) is 6.07 Å². The van der Waals surface area contributed by atoms with E-state index in [1.807, 2.05) is 21.7 Å². The summed E-state index contributed by atoms with van der Waals surface area (Å²) in [7, 11) is 1.57. The number of amides is 1. The van der Waals surface area contributed by atoms with E-state index in [1.54, 1.807) is 26.1 Å². The summed E-state index contributed by atoms with van der Waals surface area (Å²) in [6.07, 6.45) is 0.818. The molecule has 2 aliphatic heterocycles. The van der Waals surface area contributed by atoms with Crippen LogP contribution in [0.4, 0.5) is 20.3 Å². The number of ether oxygens (including phenoxy) is 1. The molecule has 174 valence electrons. The van der Waals surface area contributed by atoms with E-state index in [9.17, 15) is 13.6 Å². The second-order valence-corrected chi connectivity index (χ2v) is 8.65. The van der Waals surface area contributed by atoms with Crippen molar-refractivity contribution in [3.8, 4) is 0 Å². The topological polar surface area (TPSA) is 72.3 Å². The number of halogens is 2. The van der Waals surface area contributed by atoms with Gasteiger partial charge >= 0.3 is 0 Å². The van der Waals surface area contributed by atoms with Gasteiger partial charge in [-0.3, -0.25) is 9.48 Å². The van der Waals surface area contributed by atoms with Crippen LogP contribution < -0.4 is 10.2 Å². The standard InChI is InChI=1S/C24H27F2N5O2/c1-14-12-15-4-3-9-30(20(15)13-17(14)22(25)26)23-21-19(6-5-18(28-21)24(32)27-2)31(29-23)16-7-10-33-11-8-16/h5-6,12-13,16,22H,3-4,7-11H2,1-2H3,(H,27,32). The van der Waals surface area contributed by atoms with Gasteiger partial charge in [-0.25, -0.2) is 13.8 Å². The van der Waals surface area contributed by atoms with Crippen molar-refractivity contribution in [1.82, 2.24) is 20.1 Å². The fourth-order valence-corrected chi connectivity index (χ4v) is 4.88. The Morgan fingerprint density at radius 1 is 1.24 bits per heavy atom. The molecule has 1 fully saturated rings. The van der Waals surface area contributed by atoms with Crippen LogP contribution in [-0.4, -0.2) is 47.5 Å². The van der Waals surface area contributed by atoms with Crippen molar-refractivity contribution in [1.29, 1.82) is 0 Å². The molecule has 9 heteroatoms. The number of hydrogen-bond acceptors (Lipinski definition) is 5. The predicted octanol–water partition coefficient (Wildman–Crippen LogP) is 4.47. The number of anilines is 2. The van der Waals surface area contributed by atoms with E-state index >= 15 is 0 Å². The van der Waals surface area contributed by atoms with E-state index in [0.717, 1.165) is 42.5 Å². The average molecular weight is 456 g/mol. The quantitative estimate of drug-likeness (QED) is 0.628. The second-order valence-electron chi connectivity index (χ2n) is 8.65. The lowest BCUT2D eigenvalue weighted by Crippen LogP contribution is -2.26. The normalized spacial score (nSPS) is 16.9. The molecule has 7 nitrogen and oxygen atoms in total. The number of fused-ring (bicyclic) bond motifs is 2. The molecule has 0 unspecified atom stereocenters. The van der Waals surface area contributed by atoms with E-state index in [2.05, 4.69) is 10.3 Å². The molecule has 3 aromatic rings. The summed E-state index contributed by atoms with van der Waals surface area (Å²) in [5, 5.41) is 7.58. The Labute approximate surface area is 190 Å². The third-order valence-electron chi connectivity index (χ3n) is 6.61. The van der Waals surface area contributed by atoms with E-state index in [0.29, 0.717) is 42.4 Å². The third-order valence-corrected chi connectivity index (χ3v) is 6.61. The van der Waals surface area contributed by atoms with Gasteiger partial charge in [-0.15, -0.1) is 0 Å². The first-order chi connectivity index (χ1) is 16.0. The summed E-state index contributed by atoms with van der Waals surface area (Å²) >= 11 is 0. The monoisotopic (exact) mass is 455 g/mol. The van der Waals surface area contributed by atoms with Gasteiger partial charge in [0.1, 0.15) is 11.2 Å². The fourth-order valence-electron chi connectivity index (χ4n) is 4.88. The Morgan fingerprint density at radius 2 is 2.03 bits per heavy atom. The average Bonchev–Trinajstić information content (AvgIpc) is 3.21. The molecule has 1 saturated heterocycles. The van der Waals surface area contributed by atoms with Crippen molar-refractivity contribution in [2.75, 3.05) is 31.7 Å². The number of rotatable bonds is 4. The van der Waals surface area contributed by atoms with Crippen molar-refractivity contribution in [3.63, 3.8) is 0 Å². The highest BCUT2D eigenvalue weighted by molar-refractivity contribution is 5.97. The highest BCUT2D eigenvalue weighted by Crippen LogP contribution is 2.40. The molecular weight excluding hydrogens is 428 g/mol. The first kappa shape index (κ1) is 21.8. The molecule has 1 N–H and O–H groups in total. The van der Waals surface area contributed by atoms with Crippen molar-refractivity contribution in [2.24, 2.45) is 0 Å². The smallest absolute Gasteiger partial charge is 0.269 e. The first-order valence-corrected chi connectivity index (χ1v) is 11.4. The minimum atomic E-state index is -2.55. The van der Waals surface area contributed by atoms with Crippen molar-refractivity contribution in [2.45, 2.75) is 45.1 Å². The van der Waals surface area contributed by atoms with Crippen LogP contribution in [0.5, 0.6) is 0 Å². The molecule has 1 aromatic carbocycles. The highest BCUT2D eigenvalue weighted by atomic mass is 19.3. The second kappa shape index (κ2) is 8.70. The molecule has 2 aliphatic rings. The van der Waals surface area contributed by atoms with Crippen molar-refractivity contribution < 1.29 is 18.3 Å². The van der Waals surface area contributed by atoms with Crippen molar-refractivity contribution >= 4 is 28.4 Å². The molecule has 0 atom stereocenters. The van der Waals surface area contributed by atoms with E-state index < -0.39 is 6.43 Å².